The van der Waals surface area contributed by atoms with Crippen LogP contribution in [0.3, 0.4) is 0 Å². The fourth-order valence-electron chi connectivity index (χ4n) is 4.70. The number of alkyl halides is 2. The number of carbonyl (C=O) groups is 1. The average Bonchev–Trinajstić information content (AvgIpc) is 2.99. The standard InChI is InChI=1S/C35H44F2O4/c1-3-4-5-6-7-8-11-27-12-14-28(15-13-27)29-16-18-31(19-17-29)35(38)41-32-22-20-30(21-23-32)33(34(36)37)26-40-25-10-9-24-39-2/h12-23,33-34H,3-11,24-26H2,1-2H3/t33-/m0/s1. The van der Waals surface area contributed by atoms with Gasteiger partial charge in [0.05, 0.1) is 18.1 Å². The maximum Gasteiger partial charge on any atom is 0.343 e. The lowest BCUT2D eigenvalue weighted by Gasteiger charge is -2.17. The van der Waals surface area contributed by atoms with Gasteiger partial charge in [-0.1, -0.05) is 87.6 Å². The van der Waals surface area contributed by atoms with E-state index in [0.29, 0.717) is 30.1 Å². The van der Waals surface area contributed by atoms with Crippen molar-refractivity contribution in [3.05, 3.63) is 89.5 Å². The number of rotatable bonds is 19. The van der Waals surface area contributed by atoms with E-state index in [2.05, 4.69) is 31.2 Å². The molecule has 0 aromatic heterocycles. The van der Waals surface area contributed by atoms with Crippen molar-refractivity contribution in [2.45, 2.75) is 77.1 Å². The van der Waals surface area contributed by atoms with Gasteiger partial charge in [0.2, 0.25) is 6.43 Å². The zero-order chi connectivity index (χ0) is 29.3. The molecule has 0 saturated carbocycles. The summed E-state index contributed by atoms with van der Waals surface area (Å²) in [5.41, 5.74) is 4.33. The number of aryl methyl sites for hydroxylation is 1. The number of hydrogen-bond acceptors (Lipinski definition) is 4. The summed E-state index contributed by atoms with van der Waals surface area (Å²) < 4.78 is 43.2. The van der Waals surface area contributed by atoms with Crippen molar-refractivity contribution in [1.82, 2.24) is 0 Å². The summed E-state index contributed by atoms with van der Waals surface area (Å²) in [6.07, 6.45) is 7.88. The first-order valence-corrected chi connectivity index (χ1v) is 14.9. The molecule has 222 valence electrons. The molecule has 0 amide bonds. The van der Waals surface area contributed by atoms with Crippen LogP contribution in [0.25, 0.3) is 11.1 Å². The van der Waals surface area contributed by atoms with Crippen molar-refractivity contribution in [2.75, 3.05) is 26.9 Å². The van der Waals surface area contributed by atoms with Gasteiger partial charge in [-0.25, -0.2) is 13.6 Å². The van der Waals surface area contributed by atoms with Crippen molar-refractivity contribution in [3.63, 3.8) is 0 Å². The van der Waals surface area contributed by atoms with Crippen molar-refractivity contribution in [3.8, 4) is 16.9 Å². The number of ether oxygens (including phenoxy) is 3. The van der Waals surface area contributed by atoms with E-state index in [1.165, 1.54) is 44.1 Å². The van der Waals surface area contributed by atoms with Crippen molar-refractivity contribution in [2.24, 2.45) is 0 Å². The molecule has 3 rings (SSSR count). The second kappa shape index (κ2) is 18.4. The summed E-state index contributed by atoms with van der Waals surface area (Å²) in [5.74, 6) is -1.24. The Bertz CT molecular complexity index is 1130. The second-order valence-electron chi connectivity index (χ2n) is 10.5. The van der Waals surface area contributed by atoms with Crippen LogP contribution in [-0.4, -0.2) is 39.3 Å². The minimum atomic E-state index is -2.56. The Kier molecular flexibility index (Phi) is 14.5. The van der Waals surface area contributed by atoms with Crippen LogP contribution in [0, 0.1) is 0 Å². The molecule has 1 atom stereocenters. The van der Waals surface area contributed by atoms with E-state index in [1.54, 1.807) is 43.5 Å². The van der Waals surface area contributed by atoms with Gasteiger partial charge in [0.1, 0.15) is 5.75 Å². The highest BCUT2D eigenvalue weighted by Crippen LogP contribution is 2.27. The number of unbranched alkanes of at least 4 members (excludes halogenated alkanes) is 6. The smallest absolute Gasteiger partial charge is 0.343 e. The van der Waals surface area contributed by atoms with Gasteiger partial charge in [0, 0.05) is 20.3 Å². The van der Waals surface area contributed by atoms with Gasteiger partial charge in [-0.3, -0.25) is 0 Å². The molecule has 0 aliphatic rings. The van der Waals surface area contributed by atoms with Crippen LogP contribution in [0.4, 0.5) is 8.78 Å². The van der Waals surface area contributed by atoms with E-state index >= 15 is 0 Å². The number of hydrogen-bond donors (Lipinski definition) is 0. The highest BCUT2D eigenvalue weighted by Gasteiger charge is 2.23. The molecule has 0 aliphatic heterocycles. The van der Waals surface area contributed by atoms with Crippen molar-refractivity contribution in [1.29, 1.82) is 0 Å². The lowest BCUT2D eigenvalue weighted by atomic mass is 10.00. The molecule has 0 spiro atoms. The SMILES string of the molecule is CCCCCCCCc1ccc(-c2ccc(C(=O)Oc3ccc([C@H](COCCCCOC)C(F)F)cc3)cc2)cc1. The predicted octanol–water partition coefficient (Wildman–Crippen LogP) is 9.27. The first-order valence-electron chi connectivity index (χ1n) is 14.9. The molecule has 4 nitrogen and oxygen atoms in total. The normalized spacial score (nSPS) is 12.0. The summed E-state index contributed by atoms with van der Waals surface area (Å²) in [6, 6.07) is 22.1. The van der Waals surface area contributed by atoms with Crippen molar-refractivity contribution < 1.29 is 27.8 Å². The molecule has 41 heavy (non-hydrogen) atoms. The predicted molar refractivity (Wildman–Crippen MR) is 161 cm³/mol. The molecular weight excluding hydrogens is 522 g/mol. The average molecular weight is 567 g/mol. The quantitative estimate of drug-likeness (QED) is 0.0824. The summed E-state index contributed by atoms with van der Waals surface area (Å²) in [6.45, 7) is 3.20. The monoisotopic (exact) mass is 566 g/mol. The minimum absolute atomic E-state index is 0.0714. The van der Waals surface area contributed by atoms with Crippen LogP contribution < -0.4 is 4.74 Å². The topological polar surface area (TPSA) is 44.8 Å². The number of esters is 1. The first-order chi connectivity index (χ1) is 20.0. The summed E-state index contributed by atoms with van der Waals surface area (Å²) in [5, 5.41) is 0. The van der Waals surface area contributed by atoms with Gasteiger partial charge in [-0.15, -0.1) is 0 Å². The Morgan fingerprint density at radius 3 is 1.98 bits per heavy atom. The Balaban J connectivity index is 1.48. The van der Waals surface area contributed by atoms with E-state index in [-0.39, 0.29) is 6.61 Å². The van der Waals surface area contributed by atoms with Gasteiger partial charge in [0.25, 0.3) is 0 Å². The second-order valence-corrected chi connectivity index (χ2v) is 10.5. The Labute approximate surface area is 244 Å². The maximum absolute atomic E-state index is 13.6. The van der Waals surface area contributed by atoms with Crippen LogP contribution in [0.5, 0.6) is 5.75 Å². The zero-order valence-electron chi connectivity index (χ0n) is 24.5. The molecule has 0 saturated heterocycles. The van der Waals surface area contributed by atoms with Crippen LogP contribution in [0.2, 0.25) is 0 Å². The highest BCUT2D eigenvalue weighted by atomic mass is 19.3. The van der Waals surface area contributed by atoms with E-state index in [1.807, 2.05) is 12.1 Å². The van der Waals surface area contributed by atoms with Crippen molar-refractivity contribution >= 4 is 5.97 Å². The fourth-order valence-corrected chi connectivity index (χ4v) is 4.70. The Morgan fingerprint density at radius 1 is 0.732 bits per heavy atom. The molecule has 0 unspecified atom stereocenters. The van der Waals surface area contributed by atoms with E-state index < -0.39 is 18.3 Å². The largest absolute Gasteiger partial charge is 0.423 e. The fraction of sp³-hybridized carbons (Fsp3) is 0.457. The highest BCUT2D eigenvalue weighted by molar-refractivity contribution is 5.91. The van der Waals surface area contributed by atoms with Gasteiger partial charge >= 0.3 is 5.97 Å². The van der Waals surface area contributed by atoms with E-state index in [0.717, 1.165) is 30.4 Å². The number of benzene rings is 3. The molecule has 0 heterocycles. The van der Waals surface area contributed by atoms with E-state index in [4.69, 9.17) is 14.2 Å². The molecule has 0 radical (unpaired) electrons. The zero-order valence-corrected chi connectivity index (χ0v) is 24.5. The third-order valence-corrected chi connectivity index (χ3v) is 7.23. The molecular formula is C35H44F2O4. The third kappa shape index (κ3) is 11.4. The molecule has 0 N–H and O–H groups in total. The van der Waals surface area contributed by atoms with E-state index in [9.17, 15) is 13.6 Å². The van der Waals surface area contributed by atoms with Gasteiger partial charge < -0.3 is 14.2 Å². The molecule has 0 bridgehead atoms. The number of methoxy groups -OCH3 is 1. The van der Waals surface area contributed by atoms with Crippen LogP contribution in [0.15, 0.2) is 72.8 Å². The maximum atomic E-state index is 13.6. The minimum Gasteiger partial charge on any atom is -0.423 e. The molecule has 0 aliphatic carbocycles. The van der Waals surface area contributed by atoms with Gasteiger partial charge in [-0.2, -0.15) is 0 Å². The van der Waals surface area contributed by atoms with Gasteiger partial charge in [-0.05, 0) is 72.2 Å². The third-order valence-electron chi connectivity index (χ3n) is 7.23. The summed E-state index contributed by atoms with van der Waals surface area (Å²) in [4.78, 5) is 12.7. The number of carbonyl (C=O) groups excluding carboxylic acids is 1. The molecule has 3 aromatic rings. The Hall–Kier alpha value is -3.09. The first kappa shape index (κ1) is 32.4. The summed E-state index contributed by atoms with van der Waals surface area (Å²) in [7, 11) is 1.63. The lowest BCUT2D eigenvalue weighted by Crippen LogP contribution is -2.17. The van der Waals surface area contributed by atoms with Gasteiger partial charge in [0.15, 0.2) is 0 Å². The number of halogens is 2. The summed E-state index contributed by atoms with van der Waals surface area (Å²) >= 11 is 0. The van der Waals surface area contributed by atoms with Crippen LogP contribution >= 0.6 is 0 Å². The molecule has 6 heteroatoms. The molecule has 3 aromatic carbocycles. The van der Waals surface area contributed by atoms with Crippen LogP contribution in [-0.2, 0) is 15.9 Å². The lowest BCUT2D eigenvalue weighted by molar-refractivity contribution is 0.0406. The van der Waals surface area contributed by atoms with Crippen LogP contribution in [0.1, 0.15) is 85.7 Å². The molecule has 0 fully saturated rings. The Morgan fingerprint density at radius 2 is 1.34 bits per heavy atom.